The summed E-state index contributed by atoms with van der Waals surface area (Å²) in [6.07, 6.45) is 3.63. The minimum Gasteiger partial charge on any atom is -0.354 e. The maximum absolute atomic E-state index is 14.3. The molecular weight excluding hydrogens is 427 g/mol. The van der Waals surface area contributed by atoms with E-state index < -0.39 is 0 Å². The fourth-order valence-corrected chi connectivity index (χ4v) is 3.69. The summed E-state index contributed by atoms with van der Waals surface area (Å²) in [7, 11) is 0. The molecule has 0 aliphatic rings. The number of para-hydroxylation sites is 2. The number of nitrogens with one attached hydrogen (secondary N) is 2. The molecule has 0 bridgehead atoms. The van der Waals surface area contributed by atoms with Crippen LogP contribution in [0.15, 0.2) is 91.1 Å². The number of fused-ring (bicyclic) bond motifs is 1. The monoisotopic (exact) mass is 454 g/mol. The lowest BCUT2D eigenvalue weighted by Gasteiger charge is -2.11. The maximum Gasteiger partial charge on any atom is 0.224 e. The van der Waals surface area contributed by atoms with Gasteiger partial charge in [0, 0.05) is 6.54 Å². The number of aryl methyl sites for hydroxylation is 1. The predicted molar refractivity (Wildman–Crippen MR) is 136 cm³/mol. The van der Waals surface area contributed by atoms with E-state index in [1.165, 1.54) is 11.6 Å². The average Bonchev–Trinajstić information content (AvgIpc) is 3.21. The second kappa shape index (κ2) is 10.6. The van der Waals surface area contributed by atoms with Crippen molar-refractivity contribution in [2.45, 2.75) is 20.3 Å². The summed E-state index contributed by atoms with van der Waals surface area (Å²) in [4.78, 5) is 13.8. The summed E-state index contributed by atoms with van der Waals surface area (Å²) in [5, 5.41) is 6.42. The van der Waals surface area contributed by atoms with Crippen molar-refractivity contribution in [3.63, 3.8) is 0 Å². The Morgan fingerprint density at radius 1 is 0.824 bits per heavy atom. The highest BCUT2D eigenvalue weighted by molar-refractivity contribution is 5.79. The van der Waals surface area contributed by atoms with Crippen LogP contribution in [0.25, 0.3) is 16.9 Å². The van der Waals surface area contributed by atoms with Crippen LogP contribution in [0.1, 0.15) is 19.4 Å². The lowest BCUT2D eigenvalue weighted by Crippen LogP contribution is -2.07. The van der Waals surface area contributed by atoms with Crippen molar-refractivity contribution in [3.05, 3.63) is 103 Å². The van der Waals surface area contributed by atoms with Crippen LogP contribution in [0.5, 0.6) is 0 Å². The minimum absolute atomic E-state index is 0. The van der Waals surface area contributed by atoms with Crippen LogP contribution >= 0.6 is 0 Å². The molecule has 7 heteroatoms. The molecule has 2 N–H and O–H groups in total. The Labute approximate surface area is 198 Å². The van der Waals surface area contributed by atoms with Gasteiger partial charge < -0.3 is 10.6 Å². The highest BCUT2D eigenvalue weighted by Gasteiger charge is 2.16. The number of nitrogens with zero attached hydrogens (tertiary/aromatic N) is 4. The van der Waals surface area contributed by atoms with Crippen LogP contribution in [0.2, 0.25) is 0 Å². The number of hydrogen-bond donors (Lipinski definition) is 2. The Hall–Kier alpha value is -4.26. The van der Waals surface area contributed by atoms with Gasteiger partial charge in [-0.3, -0.25) is 4.57 Å². The molecular formula is C27H27FN6. The third-order valence-corrected chi connectivity index (χ3v) is 5.30. The van der Waals surface area contributed by atoms with Gasteiger partial charge >= 0.3 is 0 Å². The van der Waals surface area contributed by atoms with Crippen LogP contribution in [0.3, 0.4) is 0 Å². The second-order valence-corrected chi connectivity index (χ2v) is 7.63. The van der Waals surface area contributed by atoms with Gasteiger partial charge in [0.15, 0.2) is 5.65 Å². The quantitative estimate of drug-likeness (QED) is 0.266. The van der Waals surface area contributed by atoms with Crippen molar-refractivity contribution >= 4 is 28.7 Å². The van der Waals surface area contributed by atoms with Crippen molar-refractivity contribution in [2.75, 3.05) is 17.2 Å². The SMILES string of the molecule is C.Fc1ccccc1Nc1nc2cnc(NCCCc3ccccc3)nc2n1-c1ccccc1. The first-order valence-corrected chi connectivity index (χ1v) is 10.9. The molecule has 0 radical (unpaired) electrons. The first-order valence-electron chi connectivity index (χ1n) is 10.9. The van der Waals surface area contributed by atoms with E-state index >= 15 is 0 Å². The molecule has 3 aromatic carbocycles. The summed E-state index contributed by atoms with van der Waals surface area (Å²) < 4.78 is 16.2. The highest BCUT2D eigenvalue weighted by Crippen LogP contribution is 2.27. The van der Waals surface area contributed by atoms with E-state index in [1.54, 1.807) is 24.4 Å². The molecule has 34 heavy (non-hydrogen) atoms. The Kier molecular flexibility index (Phi) is 7.13. The van der Waals surface area contributed by atoms with E-state index in [1.807, 2.05) is 41.0 Å². The molecule has 2 heterocycles. The van der Waals surface area contributed by atoms with Gasteiger partial charge in [-0.15, -0.1) is 0 Å². The Morgan fingerprint density at radius 3 is 2.29 bits per heavy atom. The summed E-state index contributed by atoms with van der Waals surface area (Å²) in [6, 6.07) is 26.7. The molecule has 0 aliphatic heterocycles. The zero-order chi connectivity index (χ0) is 22.5. The zero-order valence-electron chi connectivity index (χ0n) is 17.9. The number of aromatic nitrogens is 4. The second-order valence-electron chi connectivity index (χ2n) is 7.63. The molecule has 0 atom stereocenters. The Morgan fingerprint density at radius 2 is 1.53 bits per heavy atom. The summed E-state index contributed by atoms with van der Waals surface area (Å²) in [6.45, 7) is 0.750. The van der Waals surface area contributed by atoms with E-state index in [4.69, 9.17) is 4.98 Å². The molecule has 172 valence electrons. The lowest BCUT2D eigenvalue weighted by atomic mass is 10.1. The molecule has 0 amide bonds. The van der Waals surface area contributed by atoms with Crippen LogP contribution in [-0.4, -0.2) is 26.1 Å². The first-order chi connectivity index (χ1) is 16.3. The number of rotatable bonds is 8. The van der Waals surface area contributed by atoms with E-state index in [0.717, 1.165) is 25.1 Å². The fourth-order valence-electron chi connectivity index (χ4n) is 3.69. The van der Waals surface area contributed by atoms with Crippen LogP contribution in [-0.2, 0) is 6.42 Å². The Balaban J connectivity index is 0.00000274. The smallest absolute Gasteiger partial charge is 0.224 e. The number of benzene rings is 3. The van der Waals surface area contributed by atoms with Gasteiger partial charge in [-0.05, 0) is 42.7 Å². The molecule has 0 fully saturated rings. The van der Waals surface area contributed by atoms with Crippen molar-refractivity contribution in [2.24, 2.45) is 0 Å². The standard InChI is InChI=1S/C26H23FN6.CH4/c27-21-15-7-8-16-22(21)30-26-31-23-18-29-25(28-17-9-12-19-10-3-1-4-11-19)32-24(23)33(26)20-13-5-2-6-14-20;/h1-8,10-11,13-16,18H,9,12,17H2,(H,30,31)(H,28,29,32);1H4. The third-order valence-electron chi connectivity index (χ3n) is 5.30. The van der Waals surface area contributed by atoms with Gasteiger partial charge in [0.25, 0.3) is 0 Å². The van der Waals surface area contributed by atoms with Gasteiger partial charge in [-0.2, -0.15) is 4.98 Å². The Bertz CT molecular complexity index is 1350. The molecule has 0 unspecified atom stereocenters. The van der Waals surface area contributed by atoms with Gasteiger partial charge in [-0.25, -0.2) is 14.4 Å². The number of imidazole rings is 1. The van der Waals surface area contributed by atoms with E-state index in [0.29, 0.717) is 28.7 Å². The van der Waals surface area contributed by atoms with Gasteiger partial charge in [0.05, 0.1) is 17.6 Å². The summed E-state index contributed by atoms with van der Waals surface area (Å²) in [5.41, 5.74) is 3.78. The largest absolute Gasteiger partial charge is 0.354 e. The van der Waals surface area contributed by atoms with Crippen LogP contribution in [0.4, 0.5) is 22.0 Å². The number of halogens is 1. The number of hydrogen-bond acceptors (Lipinski definition) is 5. The van der Waals surface area contributed by atoms with Crippen molar-refractivity contribution in [3.8, 4) is 5.69 Å². The first kappa shape index (κ1) is 22.9. The van der Waals surface area contributed by atoms with Gasteiger partial charge in [0.2, 0.25) is 11.9 Å². The number of anilines is 3. The summed E-state index contributed by atoms with van der Waals surface area (Å²) in [5.74, 6) is 0.651. The van der Waals surface area contributed by atoms with Gasteiger partial charge in [-0.1, -0.05) is 68.1 Å². The maximum atomic E-state index is 14.3. The highest BCUT2D eigenvalue weighted by atomic mass is 19.1. The minimum atomic E-state index is -0.351. The predicted octanol–water partition coefficient (Wildman–Crippen LogP) is 6.38. The van der Waals surface area contributed by atoms with Crippen LogP contribution in [0, 0.1) is 5.82 Å². The van der Waals surface area contributed by atoms with Crippen molar-refractivity contribution < 1.29 is 4.39 Å². The van der Waals surface area contributed by atoms with E-state index in [9.17, 15) is 4.39 Å². The van der Waals surface area contributed by atoms with E-state index in [-0.39, 0.29) is 13.2 Å². The summed E-state index contributed by atoms with van der Waals surface area (Å²) >= 11 is 0. The molecule has 6 nitrogen and oxygen atoms in total. The van der Waals surface area contributed by atoms with E-state index in [2.05, 4.69) is 44.9 Å². The fraction of sp³-hybridized carbons (Fsp3) is 0.148. The van der Waals surface area contributed by atoms with Crippen molar-refractivity contribution in [1.29, 1.82) is 0 Å². The lowest BCUT2D eigenvalue weighted by molar-refractivity contribution is 0.631. The molecule has 0 aliphatic carbocycles. The molecule has 0 saturated heterocycles. The molecule has 5 rings (SSSR count). The molecule has 5 aromatic rings. The zero-order valence-corrected chi connectivity index (χ0v) is 17.9. The molecule has 0 spiro atoms. The topological polar surface area (TPSA) is 67.7 Å². The normalized spacial score (nSPS) is 10.6. The van der Waals surface area contributed by atoms with Gasteiger partial charge in [0.1, 0.15) is 11.3 Å². The van der Waals surface area contributed by atoms with Crippen LogP contribution < -0.4 is 10.6 Å². The third kappa shape index (κ3) is 5.04. The average molecular weight is 455 g/mol. The molecule has 2 aromatic heterocycles. The molecule has 0 saturated carbocycles. The van der Waals surface area contributed by atoms with Crippen molar-refractivity contribution in [1.82, 2.24) is 19.5 Å².